The zero-order valence-corrected chi connectivity index (χ0v) is 30.5. The largest absolute Gasteiger partial charge is 0.208 e. The number of fused-ring (bicyclic) bond motifs is 2. The maximum atomic E-state index is 5.12. The number of hydrogen-bond acceptors (Lipinski definition) is 3. The van der Waals surface area contributed by atoms with Crippen molar-refractivity contribution >= 4 is 21.5 Å². The van der Waals surface area contributed by atoms with E-state index in [0.717, 1.165) is 38.9 Å². The van der Waals surface area contributed by atoms with E-state index >= 15 is 0 Å². The highest BCUT2D eigenvalue weighted by Gasteiger charge is 2.14. The van der Waals surface area contributed by atoms with Crippen LogP contribution in [-0.2, 0) is 0 Å². The van der Waals surface area contributed by atoms with Gasteiger partial charge in [-0.3, -0.25) is 0 Å². The standard InChI is InChI=1S/C53H35N3/c1-4-12-36(13-5-1)41-22-24-47-32-43(26-28-45(47)30-41)39-18-10-20-49(34-39)52-54-51(38-16-8-3-9-17-38)55-53(56-52)50-21-11-19-40(35-50)44-27-29-46-31-42(23-25-48(46)33-44)37-14-6-2-7-15-37/h1-35H. The molecule has 3 heteroatoms. The highest BCUT2D eigenvalue weighted by molar-refractivity contribution is 5.92. The van der Waals surface area contributed by atoms with Gasteiger partial charge in [-0.15, -0.1) is 0 Å². The highest BCUT2D eigenvalue weighted by Crippen LogP contribution is 2.34. The van der Waals surface area contributed by atoms with Crippen molar-refractivity contribution in [2.24, 2.45) is 0 Å². The maximum Gasteiger partial charge on any atom is 0.164 e. The lowest BCUT2D eigenvalue weighted by molar-refractivity contribution is 1.07. The number of nitrogens with zero attached hydrogens (tertiary/aromatic N) is 3. The Bertz CT molecular complexity index is 2830. The van der Waals surface area contributed by atoms with E-state index in [2.05, 4.69) is 182 Å². The summed E-state index contributed by atoms with van der Waals surface area (Å²) >= 11 is 0. The predicted octanol–water partition coefficient (Wildman–Crippen LogP) is 13.8. The Morgan fingerprint density at radius 1 is 0.179 bits per heavy atom. The van der Waals surface area contributed by atoms with E-state index in [9.17, 15) is 0 Å². The van der Waals surface area contributed by atoms with Crippen molar-refractivity contribution in [3.8, 4) is 78.7 Å². The van der Waals surface area contributed by atoms with Gasteiger partial charge in [0.2, 0.25) is 0 Å². The van der Waals surface area contributed by atoms with Crippen LogP contribution < -0.4 is 0 Å². The van der Waals surface area contributed by atoms with E-state index < -0.39 is 0 Å². The second-order valence-electron chi connectivity index (χ2n) is 14.1. The third kappa shape index (κ3) is 6.63. The molecule has 0 radical (unpaired) electrons. The van der Waals surface area contributed by atoms with Crippen LogP contribution in [0.15, 0.2) is 212 Å². The van der Waals surface area contributed by atoms with E-state index in [1.54, 1.807) is 0 Å². The summed E-state index contributed by atoms with van der Waals surface area (Å²) in [6.45, 7) is 0. The molecule has 10 aromatic rings. The minimum Gasteiger partial charge on any atom is -0.208 e. The van der Waals surface area contributed by atoms with Crippen molar-refractivity contribution in [2.75, 3.05) is 0 Å². The van der Waals surface area contributed by atoms with Crippen molar-refractivity contribution in [3.63, 3.8) is 0 Å². The van der Waals surface area contributed by atoms with E-state index in [1.807, 2.05) is 30.3 Å². The smallest absolute Gasteiger partial charge is 0.164 e. The van der Waals surface area contributed by atoms with Crippen molar-refractivity contribution in [3.05, 3.63) is 212 Å². The van der Waals surface area contributed by atoms with Gasteiger partial charge in [-0.05, 0) is 102 Å². The van der Waals surface area contributed by atoms with Gasteiger partial charge in [0.1, 0.15) is 0 Å². The summed E-state index contributed by atoms with van der Waals surface area (Å²) in [5.74, 6) is 1.91. The molecule has 0 aliphatic heterocycles. The number of aromatic nitrogens is 3. The molecular weight excluding hydrogens is 679 g/mol. The summed E-state index contributed by atoms with van der Waals surface area (Å²) in [5, 5.41) is 4.82. The zero-order valence-electron chi connectivity index (χ0n) is 30.5. The summed E-state index contributed by atoms with van der Waals surface area (Å²) in [7, 11) is 0. The van der Waals surface area contributed by atoms with E-state index in [1.165, 1.54) is 43.8 Å². The van der Waals surface area contributed by atoms with Crippen molar-refractivity contribution < 1.29 is 0 Å². The summed E-state index contributed by atoms with van der Waals surface area (Å²) < 4.78 is 0. The Morgan fingerprint density at radius 3 is 0.821 bits per heavy atom. The molecule has 56 heavy (non-hydrogen) atoms. The van der Waals surface area contributed by atoms with Gasteiger partial charge in [0, 0.05) is 16.7 Å². The van der Waals surface area contributed by atoms with E-state index in [-0.39, 0.29) is 0 Å². The van der Waals surface area contributed by atoms with Gasteiger partial charge in [0.05, 0.1) is 0 Å². The fraction of sp³-hybridized carbons (Fsp3) is 0. The molecule has 3 nitrogen and oxygen atoms in total. The molecular formula is C53H35N3. The zero-order chi connectivity index (χ0) is 37.3. The first kappa shape index (κ1) is 33.1. The molecule has 0 amide bonds. The molecule has 0 N–H and O–H groups in total. The van der Waals surface area contributed by atoms with Crippen LogP contribution in [0.2, 0.25) is 0 Å². The minimum atomic E-state index is 0.634. The number of hydrogen-bond donors (Lipinski definition) is 0. The normalized spacial score (nSPS) is 11.2. The van der Waals surface area contributed by atoms with Crippen molar-refractivity contribution in [2.45, 2.75) is 0 Å². The van der Waals surface area contributed by atoms with Crippen LogP contribution in [0.3, 0.4) is 0 Å². The maximum absolute atomic E-state index is 5.12. The van der Waals surface area contributed by atoms with Gasteiger partial charge < -0.3 is 0 Å². The third-order valence-corrected chi connectivity index (χ3v) is 10.5. The van der Waals surface area contributed by atoms with Crippen LogP contribution in [0.5, 0.6) is 0 Å². The highest BCUT2D eigenvalue weighted by atomic mass is 15.0. The monoisotopic (exact) mass is 713 g/mol. The Labute approximate surface area is 326 Å². The first-order chi connectivity index (χ1) is 27.7. The first-order valence-corrected chi connectivity index (χ1v) is 18.9. The SMILES string of the molecule is c1ccc(-c2ccc3cc(-c4cccc(-c5nc(-c6ccccc6)nc(-c6cccc(-c7ccc8cc(-c9ccccc9)ccc8c7)c6)n5)c4)ccc3c2)cc1. The molecule has 1 aromatic heterocycles. The lowest BCUT2D eigenvalue weighted by Gasteiger charge is -2.11. The molecule has 0 aliphatic rings. The Morgan fingerprint density at radius 2 is 0.446 bits per heavy atom. The summed E-state index contributed by atoms with van der Waals surface area (Å²) in [6.07, 6.45) is 0. The Balaban J connectivity index is 1.01. The summed E-state index contributed by atoms with van der Waals surface area (Å²) in [5.41, 5.74) is 12.2. The topological polar surface area (TPSA) is 38.7 Å². The van der Waals surface area contributed by atoms with Gasteiger partial charge in [-0.1, -0.05) is 176 Å². The van der Waals surface area contributed by atoms with Gasteiger partial charge in [-0.25, -0.2) is 15.0 Å². The molecule has 0 bridgehead atoms. The Kier molecular flexibility index (Phi) is 8.51. The van der Waals surface area contributed by atoms with Crippen LogP contribution in [0, 0.1) is 0 Å². The molecule has 0 aliphatic carbocycles. The van der Waals surface area contributed by atoms with Gasteiger partial charge in [0.25, 0.3) is 0 Å². The van der Waals surface area contributed by atoms with Crippen LogP contribution in [0.4, 0.5) is 0 Å². The van der Waals surface area contributed by atoms with Gasteiger partial charge >= 0.3 is 0 Å². The average molecular weight is 714 g/mol. The average Bonchev–Trinajstić information content (AvgIpc) is 3.29. The summed E-state index contributed by atoms with van der Waals surface area (Å²) in [4.78, 5) is 15.2. The minimum absolute atomic E-state index is 0.634. The molecule has 0 saturated carbocycles. The van der Waals surface area contributed by atoms with Crippen LogP contribution in [0.1, 0.15) is 0 Å². The fourth-order valence-electron chi connectivity index (χ4n) is 7.50. The fourth-order valence-corrected chi connectivity index (χ4v) is 7.50. The molecule has 0 saturated heterocycles. The number of rotatable bonds is 7. The number of benzene rings is 9. The van der Waals surface area contributed by atoms with Crippen molar-refractivity contribution in [1.82, 2.24) is 15.0 Å². The molecule has 1 heterocycles. The molecule has 0 fully saturated rings. The quantitative estimate of drug-likeness (QED) is 0.165. The first-order valence-electron chi connectivity index (χ1n) is 18.9. The van der Waals surface area contributed by atoms with E-state index in [4.69, 9.17) is 15.0 Å². The lowest BCUT2D eigenvalue weighted by Crippen LogP contribution is -2.00. The van der Waals surface area contributed by atoms with Crippen molar-refractivity contribution in [1.29, 1.82) is 0 Å². The van der Waals surface area contributed by atoms with Crippen LogP contribution in [0.25, 0.3) is 100 Å². The van der Waals surface area contributed by atoms with Crippen LogP contribution in [-0.4, -0.2) is 15.0 Å². The second-order valence-corrected chi connectivity index (χ2v) is 14.1. The lowest BCUT2D eigenvalue weighted by atomic mass is 9.97. The second kappa shape index (κ2) is 14.4. The molecule has 0 atom stereocenters. The summed E-state index contributed by atoms with van der Waals surface area (Å²) in [6, 6.07) is 74.9. The molecule has 262 valence electrons. The third-order valence-electron chi connectivity index (χ3n) is 10.5. The van der Waals surface area contributed by atoms with Crippen LogP contribution >= 0.6 is 0 Å². The predicted molar refractivity (Wildman–Crippen MR) is 233 cm³/mol. The van der Waals surface area contributed by atoms with Gasteiger partial charge in [-0.2, -0.15) is 0 Å². The molecule has 0 spiro atoms. The molecule has 10 rings (SSSR count). The molecule has 0 unspecified atom stereocenters. The molecule has 9 aromatic carbocycles. The van der Waals surface area contributed by atoms with Gasteiger partial charge in [0.15, 0.2) is 17.5 Å². The van der Waals surface area contributed by atoms with E-state index in [0.29, 0.717) is 17.5 Å². The Hall–Kier alpha value is -7.49.